The predicted molar refractivity (Wildman–Crippen MR) is 104 cm³/mol. The summed E-state index contributed by atoms with van der Waals surface area (Å²) in [6, 6.07) is 26.0. The maximum absolute atomic E-state index is 12.0. The zero-order chi connectivity index (χ0) is 18.2. The molecule has 0 bridgehead atoms. The van der Waals surface area contributed by atoms with E-state index in [0.29, 0.717) is 11.3 Å². The van der Waals surface area contributed by atoms with Crippen LogP contribution < -0.4 is 16.0 Å². The molecular weight excluding hydrogens is 326 g/mol. The van der Waals surface area contributed by atoms with Gasteiger partial charge in [-0.2, -0.15) is 0 Å². The molecule has 5 nitrogen and oxygen atoms in total. The summed E-state index contributed by atoms with van der Waals surface area (Å²) in [6.07, 6.45) is 0. The Kier molecular flexibility index (Phi) is 5.62. The number of hydrogen-bond donors (Lipinski definition) is 3. The van der Waals surface area contributed by atoms with E-state index in [1.54, 1.807) is 24.3 Å². The van der Waals surface area contributed by atoms with Gasteiger partial charge in [-0.15, -0.1) is 0 Å². The van der Waals surface area contributed by atoms with E-state index in [4.69, 9.17) is 0 Å². The van der Waals surface area contributed by atoms with Crippen LogP contribution in [0.15, 0.2) is 84.9 Å². The van der Waals surface area contributed by atoms with Crippen molar-refractivity contribution in [1.29, 1.82) is 0 Å². The number of anilines is 3. The average molecular weight is 345 g/mol. The van der Waals surface area contributed by atoms with Gasteiger partial charge in [0.25, 0.3) is 5.91 Å². The Hall–Kier alpha value is -3.60. The second kappa shape index (κ2) is 8.48. The molecule has 0 aliphatic rings. The monoisotopic (exact) mass is 345 g/mol. The second-order valence-electron chi connectivity index (χ2n) is 5.67. The number of carbonyl (C=O) groups is 2. The van der Waals surface area contributed by atoms with E-state index in [1.807, 2.05) is 60.7 Å². The quantitative estimate of drug-likeness (QED) is 0.636. The van der Waals surface area contributed by atoms with Crippen molar-refractivity contribution in [3.63, 3.8) is 0 Å². The Labute approximate surface area is 152 Å². The van der Waals surface area contributed by atoms with Crippen LogP contribution in [0.25, 0.3) is 0 Å². The fourth-order valence-electron chi connectivity index (χ4n) is 2.38. The van der Waals surface area contributed by atoms with Crippen LogP contribution in [-0.4, -0.2) is 18.4 Å². The van der Waals surface area contributed by atoms with Crippen molar-refractivity contribution in [2.75, 3.05) is 17.2 Å². The molecule has 130 valence electrons. The summed E-state index contributed by atoms with van der Waals surface area (Å²) in [5, 5.41) is 8.63. The summed E-state index contributed by atoms with van der Waals surface area (Å²) in [7, 11) is 0. The molecule has 0 spiro atoms. The minimum atomic E-state index is -0.280. The molecule has 0 aromatic heterocycles. The van der Waals surface area contributed by atoms with Gasteiger partial charge in [-0.1, -0.05) is 36.4 Å². The van der Waals surface area contributed by atoms with E-state index in [9.17, 15) is 9.59 Å². The normalized spacial score (nSPS) is 10.0. The summed E-state index contributed by atoms with van der Waals surface area (Å²) in [6.45, 7) is -0.0856. The minimum absolute atomic E-state index is 0.0856. The molecule has 2 amide bonds. The lowest BCUT2D eigenvalue weighted by atomic mass is 10.2. The first kappa shape index (κ1) is 17.2. The van der Waals surface area contributed by atoms with Crippen LogP contribution in [-0.2, 0) is 4.79 Å². The highest BCUT2D eigenvalue weighted by molar-refractivity contribution is 5.99. The highest BCUT2D eigenvalue weighted by atomic mass is 16.2. The van der Waals surface area contributed by atoms with Crippen LogP contribution in [0.3, 0.4) is 0 Å². The van der Waals surface area contributed by atoms with Gasteiger partial charge in [0, 0.05) is 22.6 Å². The third kappa shape index (κ3) is 4.95. The number of benzene rings is 3. The van der Waals surface area contributed by atoms with Gasteiger partial charge >= 0.3 is 0 Å². The molecule has 0 aliphatic carbocycles. The van der Waals surface area contributed by atoms with Crippen molar-refractivity contribution in [3.05, 3.63) is 90.5 Å². The molecule has 3 aromatic rings. The van der Waals surface area contributed by atoms with Gasteiger partial charge in [0.1, 0.15) is 0 Å². The van der Waals surface area contributed by atoms with Crippen LogP contribution in [0.2, 0.25) is 0 Å². The molecule has 0 radical (unpaired) electrons. The van der Waals surface area contributed by atoms with E-state index < -0.39 is 0 Å². The van der Waals surface area contributed by atoms with E-state index in [2.05, 4.69) is 16.0 Å². The lowest BCUT2D eigenvalue weighted by Crippen LogP contribution is -2.32. The smallest absolute Gasteiger partial charge is 0.251 e. The maximum atomic E-state index is 12.0. The summed E-state index contributed by atoms with van der Waals surface area (Å²) in [5.74, 6) is -0.554. The van der Waals surface area contributed by atoms with Gasteiger partial charge in [0.2, 0.25) is 5.91 Å². The standard InChI is InChI=1S/C21H19N3O2/c25-20(15-22-21(26)16-7-3-1-4-8-16)24-19-13-11-18(12-14-19)23-17-9-5-2-6-10-17/h1-14,23H,15H2,(H,22,26)(H,24,25). The molecule has 3 rings (SSSR count). The van der Waals surface area contributed by atoms with Gasteiger partial charge in [0.15, 0.2) is 0 Å². The highest BCUT2D eigenvalue weighted by Crippen LogP contribution is 2.18. The molecule has 0 atom stereocenters. The molecule has 5 heteroatoms. The molecule has 0 fully saturated rings. The zero-order valence-electron chi connectivity index (χ0n) is 14.1. The van der Waals surface area contributed by atoms with Crippen molar-refractivity contribution in [2.24, 2.45) is 0 Å². The summed E-state index contributed by atoms with van der Waals surface area (Å²) >= 11 is 0. The van der Waals surface area contributed by atoms with E-state index in [-0.39, 0.29) is 18.4 Å². The summed E-state index contributed by atoms with van der Waals surface area (Å²) in [5.41, 5.74) is 3.11. The summed E-state index contributed by atoms with van der Waals surface area (Å²) < 4.78 is 0. The van der Waals surface area contributed by atoms with Crippen molar-refractivity contribution in [1.82, 2.24) is 5.32 Å². The topological polar surface area (TPSA) is 70.2 Å². The van der Waals surface area contributed by atoms with E-state index in [0.717, 1.165) is 11.4 Å². The van der Waals surface area contributed by atoms with Crippen molar-refractivity contribution >= 4 is 28.9 Å². The van der Waals surface area contributed by atoms with Gasteiger partial charge in [0.05, 0.1) is 6.54 Å². The Morgan fingerprint density at radius 2 is 1.19 bits per heavy atom. The van der Waals surface area contributed by atoms with Crippen LogP contribution in [0.1, 0.15) is 10.4 Å². The molecule has 0 heterocycles. The molecule has 3 aromatic carbocycles. The van der Waals surface area contributed by atoms with Crippen molar-refractivity contribution in [2.45, 2.75) is 0 Å². The van der Waals surface area contributed by atoms with Crippen molar-refractivity contribution < 1.29 is 9.59 Å². The van der Waals surface area contributed by atoms with E-state index >= 15 is 0 Å². The van der Waals surface area contributed by atoms with Gasteiger partial charge < -0.3 is 16.0 Å². The zero-order valence-corrected chi connectivity index (χ0v) is 14.1. The fraction of sp³-hybridized carbons (Fsp3) is 0.0476. The van der Waals surface area contributed by atoms with Crippen LogP contribution in [0.5, 0.6) is 0 Å². The number of rotatable bonds is 6. The second-order valence-corrected chi connectivity index (χ2v) is 5.67. The molecule has 0 saturated heterocycles. The fourth-order valence-corrected chi connectivity index (χ4v) is 2.38. The Morgan fingerprint density at radius 3 is 1.85 bits per heavy atom. The molecule has 0 aliphatic heterocycles. The molecule has 3 N–H and O–H groups in total. The predicted octanol–water partition coefficient (Wildman–Crippen LogP) is 3.80. The minimum Gasteiger partial charge on any atom is -0.356 e. The Bertz CT molecular complexity index is 863. The molecule has 0 saturated carbocycles. The van der Waals surface area contributed by atoms with E-state index in [1.165, 1.54) is 0 Å². The van der Waals surface area contributed by atoms with Crippen molar-refractivity contribution in [3.8, 4) is 0 Å². The molecular formula is C21H19N3O2. The van der Waals surface area contributed by atoms with Gasteiger partial charge in [-0.25, -0.2) is 0 Å². The first-order valence-corrected chi connectivity index (χ1v) is 8.26. The number of amides is 2. The van der Waals surface area contributed by atoms with Crippen LogP contribution in [0, 0.1) is 0 Å². The number of para-hydroxylation sites is 1. The highest BCUT2D eigenvalue weighted by Gasteiger charge is 2.07. The van der Waals surface area contributed by atoms with Gasteiger partial charge in [-0.3, -0.25) is 9.59 Å². The Morgan fingerprint density at radius 1 is 0.654 bits per heavy atom. The number of hydrogen-bond acceptors (Lipinski definition) is 3. The molecule has 0 unspecified atom stereocenters. The molecule has 26 heavy (non-hydrogen) atoms. The maximum Gasteiger partial charge on any atom is 0.251 e. The third-order valence-electron chi connectivity index (χ3n) is 3.68. The van der Waals surface area contributed by atoms with Gasteiger partial charge in [-0.05, 0) is 48.5 Å². The average Bonchev–Trinajstić information content (AvgIpc) is 2.69. The van der Waals surface area contributed by atoms with Crippen LogP contribution in [0.4, 0.5) is 17.1 Å². The SMILES string of the molecule is O=C(CNC(=O)c1ccccc1)Nc1ccc(Nc2ccccc2)cc1. The largest absolute Gasteiger partial charge is 0.356 e. The van der Waals surface area contributed by atoms with Crippen LogP contribution >= 0.6 is 0 Å². The first-order valence-electron chi connectivity index (χ1n) is 8.26. The number of nitrogens with one attached hydrogen (secondary N) is 3. The lowest BCUT2D eigenvalue weighted by molar-refractivity contribution is -0.115. The lowest BCUT2D eigenvalue weighted by Gasteiger charge is -2.09. The summed E-state index contributed by atoms with van der Waals surface area (Å²) in [4.78, 5) is 23.9. The number of carbonyl (C=O) groups excluding carboxylic acids is 2. The Balaban J connectivity index is 1.49. The third-order valence-corrected chi connectivity index (χ3v) is 3.68. The first-order chi connectivity index (χ1) is 12.7.